The predicted molar refractivity (Wildman–Crippen MR) is 69.2 cm³/mol. The van der Waals surface area contributed by atoms with E-state index in [9.17, 15) is 4.79 Å². The Kier molecular flexibility index (Phi) is 3.97. The van der Waals surface area contributed by atoms with E-state index in [0.29, 0.717) is 6.04 Å². The highest BCUT2D eigenvalue weighted by molar-refractivity contribution is 5.70. The topological polar surface area (TPSA) is 53.4 Å². The SMILES string of the molecule is Cc1ccc(CN2CCC(C(=O)O)CC2C)nc1. The Morgan fingerprint density at radius 3 is 2.89 bits per heavy atom. The number of carboxylic acid groups (broad SMARTS) is 1. The van der Waals surface area contributed by atoms with E-state index in [1.165, 1.54) is 0 Å². The Bertz CT molecular complexity index is 416. The van der Waals surface area contributed by atoms with Gasteiger partial charge in [-0.05, 0) is 44.9 Å². The first-order valence-corrected chi connectivity index (χ1v) is 6.44. The number of hydrogen-bond acceptors (Lipinski definition) is 3. The van der Waals surface area contributed by atoms with Crippen molar-refractivity contribution in [1.82, 2.24) is 9.88 Å². The quantitative estimate of drug-likeness (QED) is 0.889. The molecule has 0 saturated carbocycles. The van der Waals surface area contributed by atoms with Gasteiger partial charge in [-0.25, -0.2) is 0 Å². The third-order valence-corrected chi connectivity index (χ3v) is 3.70. The van der Waals surface area contributed by atoms with Crippen LogP contribution in [-0.2, 0) is 11.3 Å². The summed E-state index contributed by atoms with van der Waals surface area (Å²) in [7, 11) is 0. The molecule has 98 valence electrons. The first-order valence-electron chi connectivity index (χ1n) is 6.44. The first kappa shape index (κ1) is 13.0. The molecule has 0 amide bonds. The second-order valence-electron chi connectivity index (χ2n) is 5.21. The molecule has 1 fully saturated rings. The van der Waals surface area contributed by atoms with Gasteiger partial charge in [0, 0.05) is 18.8 Å². The lowest BCUT2D eigenvalue weighted by Gasteiger charge is -2.35. The van der Waals surface area contributed by atoms with E-state index in [4.69, 9.17) is 5.11 Å². The van der Waals surface area contributed by atoms with Crippen LogP contribution in [0.1, 0.15) is 31.0 Å². The second-order valence-corrected chi connectivity index (χ2v) is 5.21. The molecule has 0 aromatic carbocycles. The summed E-state index contributed by atoms with van der Waals surface area (Å²) < 4.78 is 0. The molecule has 18 heavy (non-hydrogen) atoms. The number of nitrogens with zero attached hydrogens (tertiary/aromatic N) is 2. The molecule has 1 N–H and O–H groups in total. The van der Waals surface area contributed by atoms with Crippen molar-refractivity contribution in [2.45, 2.75) is 39.3 Å². The largest absolute Gasteiger partial charge is 0.481 e. The molecule has 1 aromatic heterocycles. The van der Waals surface area contributed by atoms with Gasteiger partial charge in [-0.2, -0.15) is 0 Å². The van der Waals surface area contributed by atoms with Gasteiger partial charge in [-0.3, -0.25) is 14.7 Å². The molecule has 0 radical (unpaired) electrons. The number of piperidine rings is 1. The van der Waals surface area contributed by atoms with Crippen LogP contribution in [0.4, 0.5) is 0 Å². The summed E-state index contributed by atoms with van der Waals surface area (Å²) in [6, 6.07) is 4.42. The Morgan fingerprint density at radius 1 is 1.56 bits per heavy atom. The average molecular weight is 248 g/mol. The summed E-state index contributed by atoms with van der Waals surface area (Å²) in [5.74, 6) is -0.836. The predicted octanol–water partition coefficient (Wildman–Crippen LogP) is 2.08. The smallest absolute Gasteiger partial charge is 0.306 e. The molecule has 1 aromatic rings. The van der Waals surface area contributed by atoms with Crippen LogP contribution < -0.4 is 0 Å². The molecule has 0 aliphatic carbocycles. The van der Waals surface area contributed by atoms with Crippen molar-refractivity contribution in [3.8, 4) is 0 Å². The van der Waals surface area contributed by atoms with Gasteiger partial charge in [0.2, 0.25) is 0 Å². The number of aromatic nitrogens is 1. The molecule has 1 aliphatic rings. The van der Waals surface area contributed by atoms with E-state index >= 15 is 0 Å². The van der Waals surface area contributed by atoms with Crippen molar-refractivity contribution in [2.24, 2.45) is 5.92 Å². The van der Waals surface area contributed by atoms with Crippen molar-refractivity contribution in [3.05, 3.63) is 29.6 Å². The molecule has 1 aliphatic heterocycles. The second kappa shape index (κ2) is 5.48. The first-order chi connectivity index (χ1) is 8.56. The van der Waals surface area contributed by atoms with Crippen molar-refractivity contribution < 1.29 is 9.90 Å². The zero-order valence-corrected chi connectivity index (χ0v) is 11.0. The minimum absolute atomic E-state index is 0.178. The molecule has 1 saturated heterocycles. The lowest BCUT2D eigenvalue weighted by Crippen LogP contribution is -2.42. The third kappa shape index (κ3) is 3.07. The Morgan fingerprint density at radius 2 is 2.33 bits per heavy atom. The van der Waals surface area contributed by atoms with Crippen LogP contribution in [0.2, 0.25) is 0 Å². The van der Waals surface area contributed by atoms with E-state index in [-0.39, 0.29) is 5.92 Å². The summed E-state index contributed by atoms with van der Waals surface area (Å²) in [5, 5.41) is 9.03. The van der Waals surface area contributed by atoms with Crippen molar-refractivity contribution in [3.63, 3.8) is 0 Å². The number of likely N-dealkylation sites (tertiary alicyclic amines) is 1. The highest BCUT2D eigenvalue weighted by Crippen LogP contribution is 2.24. The fourth-order valence-electron chi connectivity index (χ4n) is 2.48. The maximum atomic E-state index is 11.0. The number of carbonyl (C=O) groups is 1. The zero-order chi connectivity index (χ0) is 13.1. The van der Waals surface area contributed by atoms with E-state index < -0.39 is 5.97 Å². The van der Waals surface area contributed by atoms with Gasteiger partial charge < -0.3 is 5.11 Å². The van der Waals surface area contributed by atoms with Crippen LogP contribution in [0, 0.1) is 12.8 Å². The van der Waals surface area contributed by atoms with Gasteiger partial charge in [-0.15, -0.1) is 0 Å². The number of aliphatic carboxylic acids is 1. The van der Waals surface area contributed by atoms with Crippen LogP contribution >= 0.6 is 0 Å². The summed E-state index contributed by atoms with van der Waals surface area (Å²) in [4.78, 5) is 17.7. The highest BCUT2D eigenvalue weighted by Gasteiger charge is 2.29. The van der Waals surface area contributed by atoms with Gasteiger partial charge in [0.15, 0.2) is 0 Å². The van der Waals surface area contributed by atoms with Gasteiger partial charge in [0.1, 0.15) is 0 Å². The van der Waals surface area contributed by atoms with E-state index in [0.717, 1.165) is 37.2 Å². The molecule has 2 heterocycles. The fraction of sp³-hybridized carbons (Fsp3) is 0.571. The van der Waals surface area contributed by atoms with E-state index in [2.05, 4.69) is 22.9 Å². The van der Waals surface area contributed by atoms with Gasteiger partial charge in [0.25, 0.3) is 0 Å². The fourth-order valence-corrected chi connectivity index (χ4v) is 2.48. The number of aryl methyl sites for hydroxylation is 1. The number of rotatable bonds is 3. The summed E-state index contributed by atoms with van der Waals surface area (Å²) in [6.07, 6.45) is 3.36. The lowest BCUT2D eigenvalue weighted by molar-refractivity contribution is -0.144. The standard InChI is InChI=1S/C14H20N2O2/c1-10-3-4-13(15-8-10)9-16-6-5-12(14(17)18)7-11(16)2/h3-4,8,11-12H,5-7,9H2,1-2H3,(H,17,18). The minimum atomic E-state index is -0.657. The summed E-state index contributed by atoms with van der Waals surface area (Å²) >= 11 is 0. The van der Waals surface area contributed by atoms with Crippen LogP contribution in [0.25, 0.3) is 0 Å². The number of pyridine rings is 1. The monoisotopic (exact) mass is 248 g/mol. The molecule has 4 heteroatoms. The Labute approximate surface area is 108 Å². The van der Waals surface area contributed by atoms with Crippen LogP contribution in [-0.4, -0.2) is 33.5 Å². The Hall–Kier alpha value is -1.42. The average Bonchev–Trinajstić information content (AvgIpc) is 2.34. The van der Waals surface area contributed by atoms with Crippen molar-refractivity contribution >= 4 is 5.97 Å². The zero-order valence-electron chi connectivity index (χ0n) is 11.0. The highest BCUT2D eigenvalue weighted by atomic mass is 16.4. The molecule has 0 bridgehead atoms. The third-order valence-electron chi connectivity index (χ3n) is 3.70. The maximum Gasteiger partial charge on any atom is 0.306 e. The van der Waals surface area contributed by atoms with Crippen LogP contribution in [0.15, 0.2) is 18.3 Å². The molecule has 2 atom stereocenters. The molecule has 2 rings (SSSR count). The Balaban J connectivity index is 1.95. The van der Waals surface area contributed by atoms with Crippen molar-refractivity contribution in [2.75, 3.05) is 6.54 Å². The summed E-state index contributed by atoms with van der Waals surface area (Å²) in [6.45, 7) is 5.78. The number of carboxylic acids is 1. The maximum absolute atomic E-state index is 11.0. The molecule has 2 unspecified atom stereocenters. The van der Waals surface area contributed by atoms with Gasteiger partial charge >= 0.3 is 5.97 Å². The van der Waals surface area contributed by atoms with Crippen molar-refractivity contribution in [1.29, 1.82) is 0 Å². The van der Waals surface area contributed by atoms with E-state index in [1.807, 2.05) is 19.2 Å². The summed E-state index contributed by atoms with van der Waals surface area (Å²) in [5.41, 5.74) is 2.22. The number of hydrogen-bond donors (Lipinski definition) is 1. The lowest BCUT2D eigenvalue weighted by atomic mass is 9.91. The van der Waals surface area contributed by atoms with Gasteiger partial charge in [-0.1, -0.05) is 6.07 Å². The van der Waals surface area contributed by atoms with E-state index in [1.54, 1.807) is 0 Å². The molecule has 0 spiro atoms. The molecule has 4 nitrogen and oxygen atoms in total. The molecular weight excluding hydrogens is 228 g/mol. The molecular formula is C14H20N2O2. The van der Waals surface area contributed by atoms with Gasteiger partial charge in [0.05, 0.1) is 11.6 Å². The minimum Gasteiger partial charge on any atom is -0.481 e. The normalized spacial score (nSPS) is 25.0. The van der Waals surface area contributed by atoms with Crippen LogP contribution in [0.5, 0.6) is 0 Å². The van der Waals surface area contributed by atoms with Crippen LogP contribution in [0.3, 0.4) is 0 Å².